The van der Waals surface area contributed by atoms with Crippen molar-refractivity contribution >= 4 is 28.0 Å². The van der Waals surface area contributed by atoms with E-state index >= 15 is 0 Å². The third kappa shape index (κ3) is 3.51. The van der Waals surface area contributed by atoms with Crippen LogP contribution in [0.25, 0.3) is 22.0 Å². The Bertz CT molecular complexity index is 1090. The van der Waals surface area contributed by atoms with E-state index in [0.717, 1.165) is 28.5 Å². The number of nitrogens with one attached hydrogen (secondary N) is 1. The zero-order chi connectivity index (χ0) is 19.0. The van der Waals surface area contributed by atoms with E-state index in [1.807, 2.05) is 28.9 Å². The molecular formula is C23H24N4. The minimum absolute atomic E-state index is 0.148. The largest absolute Gasteiger partial charge is 0.399 e. The number of benzene rings is 3. The molecule has 0 amide bonds. The van der Waals surface area contributed by atoms with Crippen LogP contribution in [0.1, 0.15) is 20.8 Å². The van der Waals surface area contributed by atoms with E-state index in [9.17, 15) is 0 Å². The van der Waals surface area contributed by atoms with Crippen LogP contribution in [0.5, 0.6) is 0 Å². The maximum absolute atomic E-state index is 5.82. The van der Waals surface area contributed by atoms with Crippen molar-refractivity contribution in [2.24, 2.45) is 0 Å². The smallest absolute Gasteiger partial charge is 0.129 e. The molecule has 0 saturated heterocycles. The van der Waals surface area contributed by atoms with E-state index in [0.29, 0.717) is 0 Å². The molecule has 136 valence electrons. The molecule has 4 nitrogen and oxygen atoms in total. The van der Waals surface area contributed by atoms with E-state index < -0.39 is 0 Å². The molecule has 3 aromatic carbocycles. The molecule has 27 heavy (non-hydrogen) atoms. The minimum atomic E-state index is -0.148. The molecule has 3 N–H and O–H groups in total. The van der Waals surface area contributed by atoms with E-state index in [1.54, 1.807) is 0 Å². The number of aromatic nitrogens is 2. The molecule has 0 spiro atoms. The second-order valence-electron chi connectivity index (χ2n) is 7.81. The van der Waals surface area contributed by atoms with Gasteiger partial charge in [0.25, 0.3) is 0 Å². The Kier molecular flexibility index (Phi) is 4.11. The molecule has 0 aliphatic carbocycles. The molecule has 0 aliphatic heterocycles. The number of fused-ring (bicyclic) bond motifs is 1. The van der Waals surface area contributed by atoms with Crippen molar-refractivity contribution < 1.29 is 0 Å². The van der Waals surface area contributed by atoms with Gasteiger partial charge in [0, 0.05) is 23.0 Å². The monoisotopic (exact) mass is 356 g/mol. The highest BCUT2D eigenvalue weighted by Crippen LogP contribution is 2.30. The molecule has 0 fully saturated rings. The van der Waals surface area contributed by atoms with E-state index in [-0.39, 0.29) is 5.54 Å². The van der Waals surface area contributed by atoms with Crippen LogP contribution in [-0.4, -0.2) is 9.78 Å². The van der Waals surface area contributed by atoms with Crippen LogP contribution in [0.4, 0.5) is 17.2 Å². The van der Waals surface area contributed by atoms with Crippen molar-refractivity contribution in [3.05, 3.63) is 72.8 Å². The Labute approximate surface area is 159 Å². The second kappa shape index (κ2) is 6.47. The fraction of sp³-hybridized carbons (Fsp3) is 0.174. The number of rotatable bonds is 3. The summed E-state index contributed by atoms with van der Waals surface area (Å²) in [5.74, 6) is 0.963. The normalized spacial score (nSPS) is 11.7. The number of hydrogen-bond donors (Lipinski definition) is 2. The third-order valence-corrected chi connectivity index (χ3v) is 4.57. The van der Waals surface area contributed by atoms with E-state index in [1.165, 1.54) is 10.8 Å². The summed E-state index contributed by atoms with van der Waals surface area (Å²) in [6, 6.07) is 24.7. The van der Waals surface area contributed by atoms with Crippen LogP contribution in [0.15, 0.2) is 72.8 Å². The first kappa shape index (κ1) is 17.2. The molecule has 0 radical (unpaired) electrons. The molecule has 4 rings (SSSR count). The van der Waals surface area contributed by atoms with Crippen molar-refractivity contribution in [2.45, 2.75) is 26.3 Å². The van der Waals surface area contributed by atoms with Crippen LogP contribution in [0.3, 0.4) is 0 Å². The summed E-state index contributed by atoms with van der Waals surface area (Å²) in [6.45, 7) is 6.45. The lowest BCUT2D eigenvalue weighted by Gasteiger charge is -2.22. The molecule has 0 unspecified atom stereocenters. The van der Waals surface area contributed by atoms with Gasteiger partial charge in [0.05, 0.1) is 11.2 Å². The quantitative estimate of drug-likeness (QED) is 0.457. The highest BCUT2D eigenvalue weighted by Gasteiger charge is 2.20. The van der Waals surface area contributed by atoms with Gasteiger partial charge in [0.15, 0.2) is 0 Å². The van der Waals surface area contributed by atoms with Gasteiger partial charge in [-0.05, 0) is 55.8 Å². The van der Waals surface area contributed by atoms with Crippen LogP contribution in [0.2, 0.25) is 0 Å². The van der Waals surface area contributed by atoms with Gasteiger partial charge in [-0.3, -0.25) is 0 Å². The summed E-state index contributed by atoms with van der Waals surface area (Å²) in [4.78, 5) is 0. The average molecular weight is 356 g/mol. The topological polar surface area (TPSA) is 55.9 Å². The molecule has 0 aliphatic rings. The molecule has 4 aromatic rings. The third-order valence-electron chi connectivity index (χ3n) is 4.57. The summed E-state index contributed by atoms with van der Waals surface area (Å²) in [5.41, 5.74) is 9.44. The molecule has 0 saturated carbocycles. The summed E-state index contributed by atoms with van der Waals surface area (Å²) < 4.78 is 2.04. The van der Waals surface area contributed by atoms with Gasteiger partial charge in [0.1, 0.15) is 5.82 Å². The number of anilines is 3. The predicted molar refractivity (Wildman–Crippen MR) is 114 cm³/mol. The number of nitrogens with zero attached hydrogens (tertiary/aromatic N) is 2. The van der Waals surface area contributed by atoms with Crippen molar-refractivity contribution in [1.82, 2.24) is 9.78 Å². The highest BCUT2D eigenvalue weighted by molar-refractivity contribution is 5.86. The first-order chi connectivity index (χ1) is 12.9. The number of hydrogen-bond acceptors (Lipinski definition) is 3. The van der Waals surface area contributed by atoms with Crippen LogP contribution < -0.4 is 11.1 Å². The minimum Gasteiger partial charge on any atom is -0.399 e. The van der Waals surface area contributed by atoms with Gasteiger partial charge in [-0.1, -0.05) is 42.5 Å². The van der Waals surface area contributed by atoms with Gasteiger partial charge >= 0.3 is 0 Å². The summed E-state index contributed by atoms with van der Waals surface area (Å²) in [6.07, 6.45) is 0. The molecule has 1 aromatic heterocycles. The Balaban J connectivity index is 1.74. The standard InChI is InChI=1S/C23H24N4/c1-23(2,3)27-22(15-21(26-27)17-8-11-19(24)12-9-17)25-20-13-10-16-6-4-5-7-18(16)14-20/h4-15,25H,24H2,1-3H3. The molecule has 0 bridgehead atoms. The van der Waals surface area contributed by atoms with Gasteiger partial charge in [-0.25, -0.2) is 4.68 Å². The number of nitrogens with two attached hydrogens (primary N) is 1. The lowest BCUT2D eigenvalue weighted by molar-refractivity contribution is 0.362. The lowest BCUT2D eigenvalue weighted by atomic mass is 10.1. The first-order valence-corrected chi connectivity index (χ1v) is 9.12. The zero-order valence-corrected chi connectivity index (χ0v) is 15.9. The molecule has 0 atom stereocenters. The zero-order valence-electron chi connectivity index (χ0n) is 15.9. The van der Waals surface area contributed by atoms with Gasteiger partial charge in [-0.2, -0.15) is 5.10 Å². The molecule has 1 heterocycles. The Hall–Kier alpha value is -3.27. The maximum atomic E-state index is 5.82. The van der Waals surface area contributed by atoms with Crippen molar-refractivity contribution in [2.75, 3.05) is 11.1 Å². The Morgan fingerprint density at radius 2 is 1.56 bits per heavy atom. The predicted octanol–water partition coefficient (Wildman–Crippen LogP) is 5.78. The summed E-state index contributed by atoms with van der Waals surface area (Å²) in [5, 5.41) is 10.8. The Morgan fingerprint density at radius 3 is 2.26 bits per heavy atom. The van der Waals surface area contributed by atoms with Gasteiger partial charge in [-0.15, -0.1) is 0 Å². The lowest BCUT2D eigenvalue weighted by Crippen LogP contribution is -2.24. The summed E-state index contributed by atoms with van der Waals surface area (Å²) in [7, 11) is 0. The fourth-order valence-corrected chi connectivity index (χ4v) is 3.19. The van der Waals surface area contributed by atoms with Crippen LogP contribution >= 0.6 is 0 Å². The van der Waals surface area contributed by atoms with Gasteiger partial charge in [0.2, 0.25) is 0 Å². The average Bonchev–Trinajstić information content (AvgIpc) is 3.06. The SMILES string of the molecule is CC(C)(C)n1nc(-c2ccc(N)cc2)cc1Nc1ccc2ccccc2c1. The summed E-state index contributed by atoms with van der Waals surface area (Å²) >= 11 is 0. The number of nitrogen functional groups attached to an aromatic ring is 1. The molecule has 4 heteroatoms. The van der Waals surface area contributed by atoms with Crippen molar-refractivity contribution in [3.63, 3.8) is 0 Å². The Morgan fingerprint density at radius 1 is 0.852 bits per heavy atom. The van der Waals surface area contributed by atoms with Gasteiger partial charge < -0.3 is 11.1 Å². The molecular weight excluding hydrogens is 332 g/mol. The highest BCUT2D eigenvalue weighted by atomic mass is 15.4. The van der Waals surface area contributed by atoms with E-state index in [4.69, 9.17) is 10.8 Å². The second-order valence-corrected chi connectivity index (χ2v) is 7.81. The van der Waals surface area contributed by atoms with Crippen LogP contribution in [-0.2, 0) is 5.54 Å². The van der Waals surface area contributed by atoms with Crippen molar-refractivity contribution in [1.29, 1.82) is 0 Å². The van der Waals surface area contributed by atoms with Crippen LogP contribution in [0, 0.1) is 0 Å². The fourth-order valence-electron chi connectivity index (χ4n) is 3.19. The van der Waals surface area contributed by atoms with Crippen molar-refractivity contribution in [3.8, 4) is 11.3 Å². The van der Waals surface area contributed by atoms with E-state index in [2.05, 4.69) is 74.6 Å². The first-order valence-electron chi connectivity index (χ1n) is 9.12. The maximum Gasteiger partial charge on any atom is 0.129 e.